The Labute approximate surface area is 119 Å². The van der Waals surface area contributed by atoms with Gasteiger partial charge in [-0.15, -0.1) is 0 Å². The Morgan fingerprint density at radius 3 is 1.94 bits per heavy atom. The van der Waals surface area contributed by atoms with Crippen molar-refractivity contribution in [3.63, 3.8) is 0 Å². The van der Waals surface area contributed by atoms with Crippen LogP contribution in [0.3, 0.4) is 0 Å². The summed E-state index contributed by atoms with van der Waals surface area (Å²) in [5, 5.41) is 1.45. The van der Waals surface area contributed by atoms with Gasteiger partial charge in [0.25, 0.3) is 0 Å². The Morgan fingerprint density at radius 2 is 1.41 bits per heavy atom. The zero-order chi connectivity index (χ0) is 12.6. The van der Waals surface area contributed by atoms with Gasteiger partial charge in [-0.05, 0) is 23.8 Å². The molecule has 0 bridgehead atoms. The Morgan fingerprint density at radius 1 is 0.824 bits per heavy atom. The van der Waals surface area contributed by atoms with E-state index in [-0.39, 0.29) is 0 Å². The van der Waals surface area contributed by atoms with Crippen molar-refractivity contribution < 1.29 is 0 Å². The number of anilines is 1. The fourth-order valence-electron chi connectivity index (χ4n) is 1.52. The summed E-state index contributed by atoms with van der Waals surface area (Å²) < 4.78 is 0. The smallest absolute Gasteiger partial charge is 0.0686 e. The van der Waals surface area contributed by atoms with Crippen LogP contribution in [0.5, 0.6) is 0 Å². The van der Waals surface area contributed by atoms with Crippen LogP contribution in [0.15, 0.2) is 30.3 Å². The van der Waals surface area contributed by atoms with Gasteiger partial charge in [0.05, 0.1) is 20.1 Å². The lowest BCUT2D eigenvalue weighted by Crippen LogP contribution is -1.88. The first-order valence-corrected chi connectivity index (χ1v) is 6.21. The van der Waals surface area contributed by atoms with E-state index in [4.69, 9.17) is 52.1 Å². The van der Waals surface area contributed by atoms with Crippen molar-refractivity contribution in [1.82, 2.24) is 0 Å². The second-order valence-electron chi connectivity index (χ2n) is 3.47. The van der Waals surface area contributed by atoms with Crippen LogP contribution < -0.4 is 5.73 Å². The molecule has 17 heavy (non-hydrogen) atoms. The molecule has 0 amide bonds. The van der Waals surface area contributed by atoms with Crippen molar-refractivity contribution >= 4 is 52.1 Å². The van der Waals surface area contributed by atoms with Gasteiger partial charge in [-0.25, -0.2) is 0 Å². The third kappa shape index (κ3) is 2.48. The van der Waals surface area contributed by atoms with Gasteiger partial charge in [-0.2, -0.15) is 0 Å². The number of halogens is 4. The van der Waals surface area contributed by atoms with E-state index in [9.17, 15) is 0 Å². The maximum absolute atomic E-state index is 6.14. The van der Waals surface area contributed by atoms with Crippen LogP contribution in [0, 0.1) is 0 Å². The minimum Gasteiger partial charge on any atom is -0.399 e. The number of hydrogen-bond donors (Lipinski definition) is 1. The molecule has 0 atom stereocenters. The van der Waals surface area contributed by atoms with Crippen LogP contribution in [0.2, 0.25) is 20.1 Å². The van der Waals surface area contributed by atoms with Crippen LogP contribution in [0.25, 0.3) is 11.1 Å². The van der Waals surface area contributed by atoms with Gasteiger partial charge in [0.2, 0.25) is 0 Å². The molecule has 0 radical (unpaired) electrons. The summed E-state index contributed by atoms with van der Waals surface area (Å²) in [7, 11) is 0. The van der Waals surface area contributed by atoms with Crippen LogP contribution in [0.1, 0.15) is 0 Å². The first-order chi connectivity index (χ1) is 8.00. The highest BCUT2D eigenvalue weighted by Crippen LogP contribution is 2.43. The average Bonchev–Trinajstić information content (AvgIpc) is 2.27. The minimum absolute atomic E-state index is 0.360. The zero-order valence-corrected chi connectivity index (χ0v) is 11.5. The molecule has 2 rings (SSSR count). The van der Waals surface area contributed by atoms with Crippen molar-refractivity contribution in [2.24, 2.45) is 0 Å². The monoisotopic (exact) mass is 305 g/mol. The predicted molar refractivity (Wildman–Crippen MR) is 76.3 cm³/mol. The molecule has 1 nitrogen and oxygen atoms in total. The van der Waals surface area contributed by atoms with E-state index in [0.717, 1.165) is 5.56 Å². The highest BCUT2D eigenvalue weighted by molar-refractivity contribution is 6.50. The molecule has 2 aromatic rings. The normalized spacial score (nSPS) is 10.6. The van der Waals surface area contributed by atoms with Crippen molar-refractivity contribution in [2.75, 3.05) is 5.73 Å². The molecular formula is C12H7Cl4N. The number of rotatable bonds is 1. The van der Waals surface area contributed by atoms with Crippen molar-refractivity contribution in [1.29, 1.82) is 0 Å². The predicted octanol–water partition coefficient (Wildman–Crippen LogP) is 5.55. The SMILES string of the molecule is Nc1cccc(-c2c(Cl)c(Cl)cc(Cl)c2Cl)c1. The van der Waals surface area contributed by atoms with Crippen LogP contribution in [0.4, 0.5) is 5.69 Å². The molecule has 0 saturated heterocycles. The molecule has 88 valence electrons. The number of hydrogen-bond acceptors (Lipinski definition) is 1. The molecule has 2 aromatic carbocycles. The summed E-state index contributed by atoms with van der Waals surface area (Å²) in [6, 6.07) is 8.71. The average molecular weight is 307 g/mol. The van der Waals surface area contributed by atoms with Gasteiger partial charge in [0.15, 0.2) is 0 Å². The topological polar surface area (TPSA) is 26.0 Å². The largest absolute Gasteiger partial charge is 0.399 e. The summed E-state index contributed by atoms with van der Waals surface area (Å²) >= 11 is 24.2. The Bertz CT molecular complexity index is 555. The second kappa shape index (κ2) is 4.95. The molecule has 0 aromatic heterocycles. The first-order valence-electron chi connectivity index (χ1n) is 4.69. The fourth-order valence-corrected chi connectivity index (χ4v) is 2.55. The van der Waals surface area contributed by atoms with Gasteiger partial charge < -0.3 is 5.73 Å². The summed E-state index contributed by atoms with van der Waals surface area (Å²) in [6.45, 7) is 0. The van der Waals surface area contributed by atoms with E-state index in [2.05, 4.69) is 0 Å². The molecule has 0 fully saturated rings. The quantitative estimate of drug-likeness (QED) is 0.542. The van der Waals surface area contributed by atoms with Crippen molar-refractivity contribution in [3.8, 4) is 11.1 Å². The number of nitrogen functional groups attached to an aromatic ring is 1. The molecular weight excluding hydrogens is 300 g/mol. The molecule has 0 aliphatic heterocycles. The molecule has 0 saturated carbocycles. The minimum atomic E-state index is 0.360. The molecule has 0 aliphatic carbocycles. The molecule has 5 heteroatoms. The Hall–Kier alpha value is -0.600. The Kier molecular flexibility index (Phi) is 3.74. The maximum atomic E-state index is 6.14. The second-order valence-corrected chi connectivity index (χ2v) is 5.04. The lowest BCUT2D eigenvalue weighted by molar-refractivity contribution is 1.61. The van der Waals surface area contributed by atoms with Gasteiger partial charge in [-0.1, -0.05) is 58.5 Å². The molecule has 2 N–H and O–H groups in total. The lowest BCUT2D eigenvalue weighted by Gasteiger charge is -2.11. The van der Waals surface area contributed by atoms with Gasteiger partial charge in [-0.3, -0.25) is 0 Å². The van der Waals surface area contributed by atoms with Gasteiger partial charge in [0.1, 0.15) is 0 Å². The van der Waals surface area contributed by atoms with E-state index in [1.807, 2.05) is 12.1 Å². The third-order valence-electron chi connectivity index (χ3n) is 2.29. The highest BCUT2D eigenvalue weighted by atomic mass is 35.5. The zero-order valence-electron chi connectivity index (χ0n) is 8.48. The molecule has 0 spiro atoms. The van der Waals surface area contributed by atoms with Crippen molar-refractivity contribution in [3.05, 3.63) is 50.4 Å². The summed E-state index contributed by atoms with van der Waals surface area (Å²) in [5.74, 6) is 0. The number of nitrogens with two attached hydrogens (primary N) is 1. The molecule has 0 heterocycles. The van der Waals surface area contributed by atoms with E-state index in [1.165, 1.54) is 6.07 Å². The lowest BCUT2D eigenvalue weighted by atomic mass is 10.0. The van der Waals surface area contributed by atoms with Crippen molar-refractivity contribution in [2.45, 2.75) is 0 Å². The Balaban J connectivity index is 2.75. The standard InChI is InChI=1S/C12H7Cl4N/c13-8-5-9(14)12(16)10(11(8)15)6-2-1-3-7(17)4-6/h1-5H,17H2. The summed E-state index contributed by atoms with van der Waals surface area (Å²) in [6.07, 6.45) is 0. The molecule has 0 aliphatic rings. The number of benzene rings is 2. The third-order valence-corrected chi connectivity index (χ3v) is 3.86. The first kappa shape index (κ1) is 12.8. The van der Waals surface area contributed by atoms with Crippen LogP contribution in [-0.4, -0.2) is 0 Å². The fraction of sp³-hybridized carbons (Fsp3) is 0. The highest BCUT2D eigenvalue weighted by Gasteiger charge is 2.15. The summed E-state index contributed by atoms with van der Waals surface area (Å²) in [4.78, 5) is 0. The van der Waals surface area contributed by atoms with E-state index in [1.54, 1.807) is 12.1 Å². The maximum Gasteiger partial charge on any atom is 0.0686 e. The summed E-state index contributed by atoms with van der Waals surface area (Å²) in [5.41, 5.74) is 7.71. The van der Waals surface area contributed by atoms with Crippen LogP contribution >= 0.6 is 46.4 Å². The van der Waals surface area contributed by atoms with E-state index >= 15 is 0 Å². The molecule has 0 unspecified atom stereocenters. The van der Waals surface area contributed by atoms with Crippen LogP contribution in [-0.2, 0) is 0 Å². The van der Waals surface area contributed by atoms with E-state index < -0.39 is 0 Å². The van der Waals surface area contributed by atoms with Gasteiger partial charge >= 0.3 is 0 Å². The van der Waals surface area contributed by atoms with E-state index in [0.29, 0.717) is 31.3 Å². The van der Waals surface area contributed by atoms with Gasteiger partial charge in [0, 0.05) is 11.3 Å².